The van der Waals surface area contributed by atoms with Gasteiger partial charge in [0.2, 0.25) is 5.91 Å². The van der Waals surface area contributed by atoms with E-state index in [0.717, 1.165) is 17.7 Å². The lowest BCUT2D eigenvalue weighted by Crippen LogP contribution is -2.50. The predicted molar refractivity (Wildman–Crippen MR) is 112 cm³/mol. The topological polar surface area (TPSA) is 54.5 Å². The maximum Gasteiger partial charge on any atom is 0.416 e. The Labute approximate surface area is 184 Å². The zero-order valence-corrected chi connectivity index (χ0v) is 18.7. The molecule has 4 nitrogen and oxygen atoms in total. The Hall–Kier alpha value is -2.06. The third-order valence-corrected chi connectivity index (χ3v) is 8.78. The first-order chi connectivity index (χ1) is 14.3. The number of rotatable bonds is 5. The van der Waals surface area contributed by atoms with Crippen LogP contribution >= 0.6 is 11.6 Å². The maximum absolute atomic E-state index is 13.3. The molecule has 168 valence electrons. The van der Waals surface area contributed by atoms with Gasteiger partial charge in [-0.25, -0.2) is 8.42 Å². The van der Waals surface area contributed by atoms with E-state index in [-0.39, 0.29) is 23.8 Å². The lowest BCUT2D eigenvalue weighted by Gasteiger charge is -2.41. The van der Waals surface area contributed by atoms with E-state index in [4.69, 9.17) is 11.6 Å². The number of alkyl halides is 3. The molecule has 1 amide bonds. The summed E-state index contributed by atoms with van der Waals surface area (Å²) in [4.78, 5) is 13.7. The molecule has 0 saturated carbocycles. The number of sulfone groups is 1. The van der Waals surface area contributed by atoms with Crippen molar-refractivity contribution >= 4 is 27.3 Å². The van der Waals surface area contributed by atoms with Crippen LogP contribution in [0.15, 0.2) is 53.4 Å². The minimum Gasteiger partial charge on any atom is -0.338 e. The van der Waals surface area contributed by atoms with Crippen LogP contribution < -0.4 is 0 Å². The number of piperidine rings is 1. The number of carbonyl (C=O) groups is 1. The second-order valence-corrected chi connectivity index (χ2v) is 11.2. The van der Waals surface area contributed by atoms with Gasteiger partial charge in [0.1, 0.15) is 0 Å². The molecule has 0 unspecified atom stereocenters. The summed E-state index contributed by atoms with van der Waals surface area (Å²) in [7, 11) is -4.10. The van der Waals surface area contributed by atoms with Gasteiger partial charge in [0.05, 0.1) is 15.2 Å². The number of benzene rings is 2. The Morgan fingerprint density at radius 2 is 1.74 bits per heavy atom. The van der Waals surface area contributed by atoms with Crippen molar-refractivity contribution in [2.45, 2.75) is 49.1 Å². The number of hydrogen-bond donors (Lipinski definition) is 0. The van der Waals surface area contributed by atoms with Gasteiger partial charge in [0.15, 0.2) is 9.84 Å². The Balaban J connectivity index is 1.86. The highest BCUT2D eigenvalue weighted by atomic mass is 35.5. The van der Waals surface area contributed by atoms with Crippen molar-refractivity contribution in [3.8, 4) is 0 Å². The first kappa shape index (κ1) is 23.6. The van der Waals surface area contributed by atoms with Gasteiger partial charge in [-0.15, -0.1) is 0 Å². The molecule has 1 fully saturated rings. The van der Waals surface area contributed by atoms with Crippen LogP contribution in [0.5, 0.6) is 0 Å². The van der Waals surface area contributed by atoms with E-state index in [2.05, 4.69) is 0 Å². The molecule has 0 radical (unpaired) electrons. The summed E-state index contributed by atoms with van der Waals surface area (Å²) in [5.41, 5.74) is -0.149. The summed E-state index contributed by atoms with van der Waals surface area (Å²) in [6.45, 7) is 3.55. The number of amides is 1. The molecule has 2 aromatic rings. The molecule has 0 aliphatic carbocycles. The highest BCUT2D eigenvalue weighted by Gasteiger charge is 2.46. The van der Waals surface area contributed by atoms with E-state index in [1.165, 1.54) is 19.9 Å². The van der Waals surface area contributed by atoms with Gasteiger partial charge >= 0.3 is 6.18 Å². The van der Waals surface area contributed by atoms with Gasteiger partial charge in [-0.2, -0.15) is 13.2 Å². The van der Waals surface area contributed by atoms with E-state index in [1.807, 2.05) is 0 Å². The van der Waals surface area contributed by atoms with Gasteiger partial charge < -0.3 is 4.90 Å². The van der Waals surface area contributed by atoms with Crippen molar-refractivity contribution < 1.29 is 26.4 Å². The zero-order chi connectivity index (χ0) is 23.0. The molecular formula is C22H23ClF3NO3S. The Kier molecular flexibility index (Phi) is 6.45. The number of hydrogen-bond acceptors (Lipinski definition) is 3. The molecule has 9 heteroatoms. The summed E-state index contributed by atoms with van der Waals surface area (Å²) >= 11 is 5.90. The summed E-state index contributed by atoms with van der Waals surface area (Å²) in [6.07, 6.45) is -4.11. The van der Waals surface area contributed by atoms with E-state index >= 15 is 0 Å². The van der Waals surface area contributed by atoms with Crippen LogP contribution in [-0.2, 0) is 27.4 Å². The molecule has 31 heavy (non-hydrogen) atoms. The first-order valence-corrected chi connectivity index (χ1v) is 11.6. The fraction of sp³-hybridized carbons (Fsp3) is 0.409. The van der Waals surface area contributed by atoms with Crippen LogP contribution in [0.1, 0.15) is 37.8 Å². The largest absolute Gasteiger partial charge is 0.416 e. The average molecular weight is 474 g/mol. The molecule has 0 bridgehead atoms. The van der Waals surface area contributed by atoms with Crippen LogP contribution in [0.2, 0.25) is 5.02 Å². The van der Waals surface area contributed by atoms with E-state index in [0.29, 0.717) is 24.1 Å². The summed E-state index contributed by atoms with van der Waals surface area (Å²) in [6, 6.07) is 10.8. The van der Waals surface area contributed by atoms with E-state index < -0.39 is 32.2 Å². The molecular weight excluding hydrogens is 451 g/mol. The molecule has 0 spiro atoms. The number of nitrogens with zero attached hydrogens (tertiary/aromatic N) is 1. The minimum absolute atomic E-state index is 0.0848. The predicted octanol–water partition coefficient (Wildman–Crippen LogP) is 5.35. The third-order valence-electron chi connectivity index (χ3n) is 5.93. The van der Waals surface area contributed by atoms with Crippen molar-refractivity contribution in [3.63, 3.8) is 0 Å². The molecule has 3 rings (SSSR count). The van der Waals surface area contributed by atoms with Gasteiger partial charge in [0.25, 0.3) is 0 Å². The number of carbonyl (C=O) groups excluding carboxylic acids is 1. The van der Waals surface area contributed by atoms with E-state index in [1.54, 1.807) is 29.2 Å². The van der Waals surface area contributed by atoms with Crippen molar-refractivity contribution in [2.75, 3.05) is 6.54 Å². The monoisotopic (exact) mass is 473 g/mol. The van der Waals surface area contributed by atoms with Crippen molar-refractivity contribution in [3.05, 3.63) is 64.7 Å². The third kappa shape index (κ3) is 4.90. The molecule has 1 aliphatic rings. The quantitative estimate of drug-likeness (QED) is 0.588. The van der Waals surface area contributed by atoms with Gasteiger partial charge in [0, 0.05) is 24.5 Å². The van der Waals surface area contributed by atoms with Crippen LogP contribution in [-0.4, -0.2) is 30.5 Å². The fourth-order valence-electron chi connectivity index (χ4n) is 3.81. The van der Waals surface area contributed by atoms with Crippen LogP contribution in [0.25, 0.3) is 0 Å². The second kappa shape index (κ2) is 8.47. The van der Waals surface area contributed by atoms with Crippen LogP contribution in [0.3, 0.4) is 0 Å². The highest BCUT2D eigenvalue weighted by Crippen LogP contribution is 2.39. The molecule has 1 atom stereocenters. The molecule has 0 N–H and O–H groups in total. The molecule has 0 aromatic heterocycles. The summed E-state index contributed by atoms with van der Waals surface area (Å²) in [5, 5.41) is 0.569. The molecule has 1 heterocycles. The minimum atomic E-state index is -4.64. The fourth-order valence-corrected chi connectivity index (χ4v) is 5.71. The van der Waals surface area contributed by atoms with Crippen molar-refractivity contribution in [1.29, 1.82) is 0 Å². The number of halogens is 4. The summed E-state index contributed by atoms with van der Waals surface area (Å²) in [5.74, 6) is -0.518. The lowest BCUT2D eigenvalue weighted by molar-refractivity contribution is -0.138. The Bertz CT molecular complexity index is 1070. The Morgan fingerprint density at radius 3 is 2.35 bits per heavy atom. The maximum atomic E-state index is 13.3. The second-order valence-electron chi connectivity index (χ2n) is 8.27. The van der Waals surface area contributed by atoms with Gasteiger partial charge in [-0.3, -0.25) is 4.79 Å². The smallest absolute Gasteiger partial charge is 0.338 e. The van der Waals surface area contributed by atoms with Gasteiger partial charge in [-0.1, -0.05) is 29.8 Å². The van der Waals surface area contributed by atoms with Crippen LogP contribution in [0.4, 0.5) is 13.2 Å². The normalized spacial score (nSPS) is 18.3. The Morgan fingerprint density at radius 1 is 1.10 bits per heavy atom. The summed E-state index contributed by atoms with van der Waals surface area (Å²) < 4.78 is 64.6. The van der Waals surface area contributed by atoms with Gasteiger partial charge in [-0.05, 0) is 62.1 Å². The molecule has 1 aliphatic heterocycles. The molecule has 1 saturated heterocycles. The van der Waals surface area contributed by atoms with Crippen LogP contribution in [0, 0.1) is 5.92 Å². The first-order valence-electron chi connectivity index (χ1n) is 9.76. The lowest BCUT2D eigenvalue weighted by atomic mass is 9.86. The average Bonchev–Trinajstić information content (AvgIpc) is 2.70. The zero-order valence-electron chi connectivity index (χ0n) is 17.1. The molecule has 2 aromatic carbocycles. The number of likely N-dealkylation sites (tertiary alicyclic amines) is 1. The SMILES string of the molecule is CC(C)([C@H]1CCC(=O)N(Cc2ccc(Cl)cc2)C1)S(=O)(=O)c1cccc(C(F)(F)F)c1. The highest BCUT2D eigenvalue weighted by molar-refractivity contribution is 7.92. The standard InChI is InChI=1S/C22H23ClF3NO3S/c1-21(2,31(29,30)19-5-3-4-16(12-19)22(24,25)26)17-8-11-20(28)27(14-17)13-15-6-9-18(23)10-7-15/h3-7,9-10,12,17H,8,11,13-14H2,1-2H3/t17-/m0/s1. The van der Waals surface area contributed by atoms with E-state index in [9.17, 15) is 26.4 Å². The van der Waals surface area contributed by atoms with Crippen molar-refractivity contribution in [1.82, 2.24) is 4.90 Å². The van der Waals surface area contributed by atoms with Crippen molar-refractivity contribution in [2.24, 2.45) is 5.92 Å².